The molecule has 3 rings (SSSR count). The SMILES string of the molecule is O=C(O)c1cn(Cc2ccccc2)nc1NC(=S)NC1CCCCC1. The number of thiocarbonyl (C=S) groups is 1. The van der Waals surface area contributed by atoms with Crippen molar-refractivity contribution in [3.63, 3.8) is 0 Å². The first-order valence-corrected chi connectivity index (χ1v) is 8.95. The summed E-state index contributed by atoms with van der Waals surface area (Å²) >= 11 is 5.34. The molecular formula is C18H22N4O2S. The number of carboxylic acid groups (broad SMARTS) is 1. The number of nitrogens with zero attached hydrogens (tertiary/aromatic N) is 2. The van der Waals surface area contributed by atoms with Gasteiger partial charge in [-0.25, -0.2) is 4.79 Å². The van der Waals surface area contributed by atoms with Crippen LogP contribution in [0.5, 0.6) is 0 Å². The predicted molar refractivity (Wildman–Crippen MR) is 101 cm³/mol. The highest BCUT2D eigenvalue weighted by Gasteiger charge is 2.19. The highest BCUT2D eigenvalue weighted by molar-refractivity contribution is 7.80. The van der Waals surface area contributed by atoms with E-state index in [9.17, 15) is 9.90 Å². The van der Waals surface area contributed by atoms with Gasteiger partial charge in [0.25, 0.3) is 0 Å². The average Bonchev–Trinajstić information content (AvgIpc) is 2.99. The number of benzene rings is 1. The fourth-order valence-corrected chi connectivity index (χ4v) is 3.36. The van der Waals surface area contributed by atoms with E-state index in [-0.39, 0.29) is 11.4 Å². The second-order valence-electron chi connectivity index (χ2n) is 6.31. The van der Waals surface area contributed by atoms with E-state index in [1.165, 1.54) is 25.5 Å². The summed E-state index contributed by atoms with van der Waals surface area (Å²) < 4.78 is 1.62. The lowest BCUT2D eigenvalue weighted by Crippen LogP contribution is -2.39. The maximum absolute atomic E-state index is 11.5. The van der Waals surface area contributed by atoms with Crippen LogP contribution in [0.25, 0.3) is 0 Å². The minimum absolute atomic E-state index is 0.115. The molecule has 0 spiro atoms. The molecule has 0 bridgehead atoms. The van der Waals surface area contributed by atoms with Crippen LogP contribution in [0.15, 0.2) is 36.5 Å². The van der Waals surface area contributed by atoms with Gasteiger partial charge < -0.3 is 15.7 Å². The molecule has 1 aromatic carbocycles. The second kappa shape index (κ2) is 8.11. The number of aromatic carboxylic acids is 1. The molecule has 0 amide bonds. The number of aromatic nitrogens is 2. The van der Waals surface area contributed by atoms with Crippen molar-refractivity contribution in [2.24, 2.45) is 0 Å². The van der Waals surface area contributed by atoms with E-state index in [1.54, 1.807) is 4.68 Å². The quantitative estimate of drug-likeness (QED) is 0.712. The summed E-state index contributed by atoms with van der Waals surface area (Å²) in [6, 6.07) is 10.1. The van der Waals surface area contributed by atoms with E-state index in [0.717, 1.165) is 18.4 Å². The van der Waals surface area contributed by atoms with Crippen LogP contribution in [0.1, 0.15) is 48.0 Å². The topological polar surface area (TPSA) is 79.2 Å². The lowest BCUT2D eigenvalue weighted by Gasteiger charge is -2.24. The molecule has 1 aromatic heterocycles. The van der Waals surface area contributed by atoms with Gasteiger partial charge in [-0.15, -0.1) is 0 Å². The number of carbonyl (C=O) groups is 1. The standard InChI is InChI=1S/C18H22N4O2S/c23-17(24)15-12-22(11-13-7-3-1-4-8-13)21-16(15)20-18(25)19-14-9-5-2-6-10-14/h1,3-4,7-8,12,14H,2,5-6,9-11H2,(H,23,24)(H2,19,20,21,25). The van der Waals surface area contributed by atoms with E-state index in [4.69, 9.17) is 12.2 Å². The molecule has 0 aliphatic heterocycles. The molecule has 25 heavy (non-hydrogen) atoms. The van der Waals surface area contributed by atoms with Crippen molar-refractivity contribution in [1.29, 1.82) is 0 Å². The first-order chi connectivity index (χ1) is 12.1. The van der Waals surface area contributed by atoms with E-state index < -0.39 is 5.97 Å². The molecule has 0 saturated heterocycles. The molecule has 1 aliphatic carbocycles. The number of hydrogen-bond donors (Lipinski definition) is 3. The van der Waals surface area contributed by atoms with Gasteiger partial charge in [-0.2, -0.15) is 5.10 Å². The predicted octanol–water partition coefficient (Wildman–Crippen LogP) is 3.25. The maximum atomic E-state index is 11.5. The van der Waals surface area contributed by atoms with Crippen LogP contribution in [0, 0.1) is 0 Å². The fraction of sp³-hybridized carbons (Fsp3) is 0.389. The Bertz CT molecular complexity index is 739. The van der Waals surface area contributed by atoms with Crippen LogP contribution in [-0.2, 0) is 6.54 Å². The van der Waals surface area contributed by atoms with Crippen molar-refractivity contribution < 1.29 is 9.90 Å². The third-order valence-electron chi connectivity index (χ3n) is 4.35. The largest absolute Gasteiger partial charge is 0.477 e. The van der Waals surface area contributed by atoms with Crippen LogP contribution >= 0.6 is 12.2 Å². The maximum Gasteiger partial charge on any atom is 0.341 e. The smallest absolute Gasteiger partial charge is 0.341 e. The molecule has 1 fully saturated rings. The van der Waals surface area contributed by atoms with E-state index in [1.807, 2.05) is 30.3 Å². The molecule has 0 radical (unpaired) electrons. The van der Waals surface area contributed by atoms with Crippen molar-refractivity contribution in [1.82, 2.24) is 15.1 Å². The Labute approximate surface area is 152 Å². The Morgan fingerprint density at radius 1 is 1.24 bits per heavy atom. The van der Waals surface area contributed by atoms with Gasteiger partial charge in [-0.05, 0) is 30.6 Å². The average molecular weight is 358 g/mol. The van der Waals surface area contributed by atoms with E-state index >= 15 is 0 Å². The van der Waals surface area contributed by atoms with E-state index in [0.29, 0.717) is 17.7 Å². The highest BCUT2D eigenvalue weighted by atomic mass is 32.1. The first-order valence-electron chi connectivity index (χ1n) is 8.54. The summed E-state index contributed by atoms with van der Waals surface area (Å²) in [7, 11) is 0. The van der Waals surface area contributed by atoms with Crippen molar-refractivity contribution >= 4 is 29.1 Å². The number of rotatable bonds is 5. The fourth-order valence-electron chi connectivity index (χ4n) is 3.10. The zero-order valence-corrected chi connectivity index (χ0v) is 14.8. The van der Waals surface area contributed by atoms with Crippen molar-refractivity contribution in [3.8, 4) is 0 Å². The monoisotopic (exact) mass is 358 g/mol. The minimum atomic E-state index is -1.03. The zero-order chi connectivity index (χ0) is 17.6. The Balaban J connectivity index is 1.68. The molecule has 0 atom stereocenters. The minimum Gasteiger partial charge on any atom is -0.477 e. The van der Waals surface area contributed by atoms with Crippen LogP contribution in [0.3, 0.4) is 0 Å². The number of carboxylic acids is 1. The summed E-state index contributed by atoms with van der Waals surface area (Å²) in [6.45, 7) is 0.506. The van der Waals surface area contributed by atoms with E-state index in [2.05, 4.69) is 15.7 Å². The van der Waals surface area contributed by atoms with Gasteiger partial charge in [0.15, 0.2) is 10.9 Å². The Kier molecular flexibility index (Phi) is 5.65. The summed E-state index contributed by atoms with van der Waals surface area (Å²) in [6.07, 6.45) is 7.39. The highest BCUT2D eigenvalue weighted by Crippen LogP contribution is 2.18. The summed E-state index contributed by atoms with van der Waals surface area (Å²) in [4.78, 5) is 11.5. The first kappa shape index (κ1) is 17.4. The lowest BCUT2D eigenvalue weighted by molar-refractivity contribution is 0.0698. The summed E-state index contributed by atoms with van der Waals surface area (Å²) in [5.41, 5.74) is 1.17. The van der Waals surface area contributed by atoms with Crippen LogP contribution in [0.2, 0.25) is 0 Å². The van der Waals surface area contributed by atoms with Crippen molar-refractivity contribution in [2.45, 2.75) is 44.7 Å². The van der Waals surface area contributed by atoms with Gasteiger partial charge in [0, 0.05) is 12.2 Å². The molecular weight excluding hydrogens is 336 g/mol. The lowest BCUT2D eigenvalue weighted by atomic mass is 9.96. The van der Waals surface area contributed by atoms with Crippen LogP contribution < -0.4 is 10.6 Å². The molecule has 1 aliphatic rings. The Morgan fingerprint density at radius 2 is 1.96 bits per heavy atom. The summed E-state index contributed by atoms with van der Waals surface area (Å²) in [5.74, 6) is -0.751. The Morgan fingerprint density at radius 3 is 2.64 bits per heavy atom. The third kappa shape index (κ3) is 4.79. The Hall–Kier alpha value is -2.41. The van der Waals surface area contributed by atoms with Crippen molar-refractivity contribution in [2.75, 3.05) is 5.32 Å². The summed E-state index contributed by atoms with van der Waals surface area (Å²) in [5, 5.41) is 20.4. The molecule has 1 saturated carbocycles. The van der Waals surface area contributed by atoms with Gasteiger partial charge >= 0.3 is 5.97 Å². The van der Waals surface area contributed by atoms with Gasteiger partial charge in [-0.3, -0.25) is 4.68 Å². The molecule has 0 unspecified atom stereocenters. The molecule has 7 heteroatoms. The van der Waals surface area contributed by atoms with Gasteiger partial charge in [0.05, 0.1) is 6.54 Å². The molecule has 132 valence electrons. The van der Waals surface area contributed by atoms with Crippen LogP contribution in [0.4, 0.5) is 5.82 Å². The number of anilines is 1. The normalized spacial score (nSPS) is 14.9. The number of nitrogens with one attached hydrogen (secondary N) is 2. The van der Waals surface area contributed by atoms with Crippen molar-refractivity contribution in [3.05, 3.63) is 47.7 Å². The van der Waals surface area contributed by atoms with Gasteiger partial charge in [0.1, 0.15) is 5.56 Å². The molecule has 1 heterocycles. The molecule has 6 nitrogen and oxygen atoms in total. The van der Waals surface area contributed by atoms with Gasteiger partial charge in [-0.1, -0.05) is 49.6 Å². The molecule has 3 N–H and O–H groups in total. The zero-order valence-electron chi connectivity index (χ0n) is 13.9. The second-order valence-corrected chi connectivity index (χ2v) is 6.72. The number of hydrogen-bond acceptors (Lipinski definition) is 3. The molecule has 2 aromatic rings. The van der Waals surface area contributed by atoms with Crippen LogP contribution in [-0.4, -0.2) is 32.0 Å². The third-order valence-corrected chi connectivity index (χ3v) is 4.57. The van der Waals surface area contributed by atoms with Gasteiger partial charge in [0.2, 0.25) is 0 Å².